The molecule has 0 fully saturated rings. The number of rotatable bonds is 5. The van der Waals surface area contributed by atoms with Gasteiger partial charge in [0, 0.05) is 23.9 Å². The van der Waals surface area contributed by atoms with Crippen LogP contribution in [0.2, 0.25) is 0 Å². The van der Waals surface area contributed by atoms with Crippen LogP contribution < -0.4 is 10.7 Å². The molecule has 36 heavy (non-hydrogen) atoms. The highest BCUT2D eigenvalue weighted by Gasteiger charge is 2.20. The van der Waals surface area contributed by atoms with E-state index in [4.69, 9.17) is 9.97 Å². The number of carbonyl (C=O) groups is 1. The minimum Gasteiger partial charge on any atom is -0.353 e. The molecule has 0 unspecified atom stereocenters. The molecule has 3 aromatic heterocycles. The highest BCUT2D eigenvalue weighted by molar-refractivity contribution is 5.92. The van der Waals surface area contributed by atoms with Crippen LogP contribution in [0.5, 0.6) is 0 Å². The third kappa shape index (κ3) is 3.70. The molecule has 178 valence electrons. The number of nitrogens with zero attached hydrogens (tertiary/aromatic N) is 6. The van der Waals surface area contributed by atoms with E-state index in [1.165, 1.54) is 5.56 Å². The van der Waals surface area contributed by atoms with Crippen LogP contribution in [0, 0.1) is 13.8 Å². The maximum absolute atomic E-state index is 12.2. The van der Waals surface area contributed by atoms with Crippen molar-refractivity contribution in [3.8, 4) is 22.5 Å². The van der Waals surface area contributed by atoms with Crippen LogP contribution in [0.4, 0.5) is 0 Å². The van der Waals surface area contributed by atoms with E-state index in [2.05, 4.69) is 39.9 Å². The number of aliphatic imine (C=N–C) groups is 1. The molecule has 4 heterocycles. The van der Waals surface area contributed by atoms with Gasteiger partial charge in [0.25, 0.3) is 0 Å². The number of aryl methyl sites for hydroxylation is 2. The van der Waals surface area contributed by atoms with Crippen LogP contribution in [-0.2, 0) is 0 Å². The van der Waals surface area contributed by atoms with Crippen LogP contribution in [-0.4, -0.2) is 50.3 Å². The predicted octanol–water partition coefficient (Wildman–Crippen LogP) is 3.63. The fourth-order valence-electron chi connectivity index (χ4n) is 4.36. The van der Waals surface area contributed by atoms with Crippen molar-refractivity contribution in [2.24, 2.45) is 10.1 Å². The van der Waals surface area contributed by atoms with Gasteiger partial charge >= 0.3 is 0 Å². The fourth-order valence-corrected chi connectivity index (χ4v) is 4.36. The molecule has 0 radical (unpaired) electrons. The third-order valence-electron chi connectivity index (χ3n) is 6.23. The van der Waals surface area contributed by atoms with E-state index in [0.717, 1.165) is 40.9 Å². The quantitative estimate of drug-likeness (QED) is 0.229. The lowest BCUT2D eigenvalue weighted by atomic mass is 10.1. The van der Waals surface area contributed by atoms with Gasteiger partial charge in [-0.3, -0.25) is 13.6 Å². The molecule has 0 atom stereocenters. The second kappa shape index (κ2) is 8.77. The fraction of sp³-hybridized carbons (Fsp3) is 0.148. The predicted molar refractivity (Wildman–Crippen MR) is 141 cm³/mol. The zero-order valence-corrected chi connectivity index (χ0v) is 19.9. The monoisotopic (exact) mass is 476 g/mol. The van der Waals surface area contributed by atoms with Crippen molar-refractivity contribution in [2.45, 2.75) is 13.8 Å². The second-order valence-corrected chi connectivity index (χ2v) is 8.75. The van der Waals surface area contributed by atoms with Gasteiger partial charge in [0.2, 0.25) is 11.7 Å². The number of fused-ring (bicyclic) bond motifs is 3. The largest absolute Gasteiger partial charge is 0.353 e. The van der Waals surface area contributed by atoms with E-state index in [-0.39, 0.29) is 0 Å². The Balaban J connectivity index is 1.59. The number of hydrazone groups is 1. The normalized spacial score (nSPS) is 13.4. The molecule has 5 aromatic rings. The molecule has 1 aliphatic heterocycles. The number of nitrogens with one attached hydrogen (secondary N) is 2. The van der Waals surface area contributed by atoms with Crippen molar-refractivity contribution in [3.05, 3.63) is 83.3 Å². The van der Waals surface area contributed by atoms with Gasteiger partial charge in [-0.2, -0.15) is 5.10 Å². The van der Waals surface area contributed by atoms with Crippen LogP contribution in [0.3, 0.4) is 0 Å². The topological polar surface area (TPSA) is 100 Å². The number of hydrogen-bond donors (Lipinski definition) is 2. The van der Waals surface area contributed by atoms with Crippen molar-refractivity contribution >= 4 is 29.9 Å². The Hall–Kier alpha value is -4.79. The number of aldehydes is 1. The molecule has 1 aliphatic rings. The van der Waals surface area contributed by atoms with Gasteiger partial charge in [0.1, 0.15) is 17.0 Å². The maximum atomic E-state index is 12.2. The first kappa shape index (κ1) is 21.7. The smallest absolute Gasteiger partial charge is 0.221 e. The Kier molecular flexibility index (Phi) is 5.29. The molecule has 0 spiro atoms. The summed E-state index contributed by atoms with van der Waals surface area (Å²) in [6.45, 7) is 5.58. The minimum atomic E-state index is 0.479. The molecular formula is C27H24N8O. The molecule has 2 N–H and O–H groups in total. The number of guanidine groups is 1. The van der Waals surface area contributed by atoms with E-state index in [1.54, 1.807) is 10.6 Å². The average Bonchev–Trinajstić information content (AvgIpc) is 3.62. The first-order valence-corrected chi connectivity index (χ1v) is 11.7. The molecule has 0 saturated carbocycles. The van der Waals surface area contributed by atoms with E-state index >= 15 is 0 Å². The van der Waals surface area contributed by atoms with Gasteiger partial charge in [-0.25, -0.2) is 20.4 Å². The Labute approximate surface area is 207 Å². The molecule has 9 nitrogen and oxygen atoms in total. The summed E-state index contributed by atoms with van der Waals surface area (Å²) in [5.74, 6) is 1.21. The van der Waals surface area contributed by atoms with Crippen molar-refractivity contribution in [3.63, 3.8) is 0 Å². The zero-order valence-electron chi connectivity index (χ0n) is 19.9. The molecule has 2 aromatic carbocycles. The number of benzene rings is 2. The summed E-state index contributed by atoms with van der Waals surface area (Å²) >= 11 is 0. The Morgan fingerprint density at radius 1 is 0.917 bits per heavy atom. The zero-order chi connectivity index (χ0) is 24.6. The first-order chi connectivity index (χ1) is 17.6. The highest BCUT2D eigenvalue weighted by atomic mass is 16.1. The number of hydrogen-bond acceptors (Lipinski definition) is 7. The number of imidazole rings is 2. The first-order valence-electron chi connectivity index (χ1n) is 11.7. The van der Waals surface area contributed by atoms with Crippen LogP contribution >= 0.6 is 0 Å². The lowest BCUT2D eigenvalue weighted by Crippen LogP contribution is -2.30. The van der Waals surface area contributed by atoms with E-state index in [9.17, 15) is 4.79 Å². The van der Waals surface area contributed by atoms with Crippen molar-refractivity contribution in [2.75, 3.05) is 13.1 Å². The molecule has 6 rings (SSSR count). The third-order valence-corrected chi connectivity index (χ3v) is 6.23. The van der Waals surface area contributed by atoms with Gasteiger partial charge < -0.3 is 5.32 Å². The van der Waals surface area contributed by atoms with Crippen molar-refractivity contribution < 1.29 is 4.79 Å². The van der Waals surface area contributed by atoms with Gasteiger partial charge in [0.05, 0.1) is 24.1 Å². The summed E-state index contributed by atoms with van der Waals surface area (Å²) < 4.78 is 3.72. The van der Waals surface area contributed by atoms with Crippen molar-refractivity contribution in [1.29, 1.82) is 0 Å². The van der Waals surface area contributed by atoms with Gasteiger partial charge in [-0.1, -0.05) is 59.7 Å². The molecule has 0 bridgehead atoms. The Bertz CT molecular complexity index is 1660. The summed E-state index contributed by atoms with van der Waals surface area (Å²) in [4.78, 5) is 26.4. The van der Waals surface area contributed by atoms with E-state index in [0.29, 0.717) is 35.3 Å². The Morgan fingerprint density at radius 2 is 1.58 bits per heavy atom. The standard InChI is InChI=1S/C27H24N8O/c1-17-3-7-19(8-4-17)24-21(15-30-33-26-28-12-13-29-26)35-23(31-24)11-14-34-22(16-36)25(32-27(34)35)20-9-5-18(2)6-10-20/h3-11,14-16H,12-13H2,1-2H3,(H2,28,29,33)/b30-15+. The summed E-state index contributed by atoms with van der Waals surface area (Å²) in [6.07, 6.45) is 4.40. The van der Waals surface area contributed by atoms with Gasteiger partial charge in [0.15, 0.2) is 6.29 Å². The Morgan fingerprint density at radius 3 is 2.19 bits per heavy atom. The van der Waals surface area contributed by atoms with Gasteiger partial charge in [-0.15, -0.1) is 0 Å². The summed E-state index contributed by atoms with van der Waals surface area (Å²) in [5.41, 5.74) is 10.4. The molecule has 0 amide bonds. The highest BCUT2D eigenvalue weighted by Crippen LogP contribution is 2.28. The maximum Gasteiger partial charge on any atom is 0.221 e. The molecule has 9 heteroatoms. The average molecular weight is 477 g/mol. The molecular weight excluding hydrogens is 452 g/mol. The summed E-state index contributed by atoms with van der Waals surface area (Å²) in [5, 5.41) is 7.58. The number of aromatic nitrogens is 4. The minimum absolute atomic E-state index is 0.479. The molecule has 0 saturated heterocycles. The van der Waals surface area contributed by atoms with E-state index in [1.807, 2.05) is 60.0 Å². The second-order valence-electron chi connectivity index (χ2n) is 8.75. The van der Waals surface area contributed by atoms with Gasteiger partial charge in [-0.05, 0) is 19.9 Å². The van der Waals surface area contributed by atoms with Crippen LogP contribution in [0.25, 0.3) is 33.9 Å². The lowest BCUT2D eigenvalue weighted by molar-refractivity contribution is 0.111. The summed E-state index contributed by atoms with van der Waals surface area (Å²) in [7, 11) is 0. The van der Waals surface area contributed by atoms with Crippen molar-refractivity contribution in [1.82, 2.24) is 29.5 Å². The van der Waals surface area contributed by atoms with E-state index < -0.39 is 0 Å². The lowest BCUT2D eigenvalue weighted by Gasteiger charge is -2.04. The van der Waals surface area contributed by atoms with Crippen LogP contribution in [0.15, 0.2) is 70.9 Å². The SMILES string of the molecule is Cc1ccc(-c2nc3n(ccc4nc(-c5ccc(C)cc5)c(/C=N/NC5=NCCN5)n43)c2C=O)cc1. The molecule has 0 aliphatic carbocycles. The van der Waals surface area contributed by atoms with Crippen LogP contribution in [0.1, 0.15) is 27.3 Å². The summed E-state index contributed by atoms with van der Waals surface area (Å²) in [6, 6.07) is 18.1. The number of carbonyl (C=O) groups excluding carboxylic acids is 1.